The molecule has 1 saturated heterocycles. The van der Waals surface area contributed by atoms with Crippen LogP contribution in [0.25, 0.3) is 6.08 Å². The molecule has 0 bridgehead atoms. The van der Waals surface area contributed by atoms with Gasteiger partial charge in [-0.25, -0.2) is 4.39 Å². The van der Waals surface area contributed by atoms with E-state index in [-0.39, 0.29) is 32.7 Å². The molecule has 0 atom stereocenters. The van der Waals surface area contributed by atoms with Crippen molar-refractivity contribution in [2.75, 3.05) is 0 Å². The highest BCUT2D eigenvalue weighted by molar-refractivity contribution is 8.18. The number of nitrogens with zero attached hydrogens (tertiary/aromatic N) is 1. The highest BCUT2D eigenvalue weighted by atomic mass is 35.5. The van der Waals surface area contributed by atoms with Gasteiger partial charge in [0.2, 0.25) is 0 Å². The zero-order valence-electron chi connectivity index (χ0n) is 17.1. The molecule has 0 unspecified atom stereocenters. The van der Waals surface area contributed by atoms with Crippen molar-refractivity contribution in [2.45, 2.75) is 11.4 Å². The summed E-state index contributed by atoms with van der Waals surface area (Å²) in [6, 6.07) is 15.6. The lowest BCUT2D eigenvalue weighted by Gasteiger charge is -2.14. The molecule has 6 nitrogen and oxygen atoms in total. The first-order chi connectivity index (χ1) is 16.1. The van der Waals surface area contributed by atoms with Gasteiger partial charge in [-0.15, -0.1) is 0 Å². The monoisotopic (exact) mass is 537 g/mol. The lowest BCUT2D eigenvalue weighted by molar-refractivity contribution is -0.123. The summed E-state index contributed by atoms with van der Waals surface area (Å²) in [5.74, 6) is -1.13. The predicted octanol–water partition coefficient (Wildman–Crippen LogP) is 6.14. The van der Waals surface area contributed by atoms with Crippen LogP contribution in [0.1, 0.15) is 11.1 Å². The van der Waals surface area contributed by atoms with Crippen molar-refractivity contribution < 1.29 is 26.6 Å². The molecule has 0 aliphatic carbocycles. The maximum Gasteiger partial charge on any atom is 0.339 e. The van der Waals surface area contributed by atoms with Crippen LogP contribution in [0.4, 0.5) is 9.18 Å². The SMILES string of the molecule is O=C1S/C(=C\c2ccc(OS(=O)(=O)c3ccc(Cl)cc3)cc2)C(=O)N1Cc1c(F)cccc1Cl. The number of thioether (sulfide) groups is 1. The number of amides is 2. The van der Waals surface area contributed by atoms with Crippen LogP contribution < -0.4 is 4.18 Å². The molecule has 0 spiro atoms. The molecular weight excluding hydrogens is 524 g/mol. The van der Waals surface area contributed by atoms with Gasteiger partial charge in [-0.05, 0) is 71.9 Å². The molecule has 174 valence electrons. The van der Waals surface area contributed by atoms with Gasteiger partial charge < -0.3 is 4.18 Å². The molecule has 1 fully saturated rings. The zero-order chi connectivity index (χ0) is 24.5. The van der Waals surface area contributed by atoms with Crippen LogP contribution >= 0.6 is 35.0 Å². The van der Waals surface area contributed by atoms with Gasteiger partial charge in [0.1, 0.15) is 16.5 Å². The van der Waals surface area contributed by atoms with Gasteiger partial charge in [0.25, 0.3) is 11.1 Å². The van der Waals surface area contributed by atoms with Gasteiger partial charge >= 0.3 is 10.1 Å². The van der Waals surface area contributed by atoms with Gasteiger partial charge in [0, 0.05) is 15.6 Å². The maximum absolute atomic E-state index is 14.1. The standard InChI is InChI=1S/C23H14Cl2FNO5S2/c24-15-6-10-17(11-7-15)34(30,31)32-16-8-4-14(5-9-16)12-21-22(28)27(23(29)33-21)13-18-19(25)2-1-3-20(18)26/h1-12H,13H2/b21-12-. The third-order valence-corrected chi connectivity index (χ3v) is 7.51. The van der Waals surface area contributed by atoms with E-state index < -0.39 is 27.1 Å². The van der Waals surface area contributed by atoms with E-state index in [1.807, 2.05) is 0 Å². The van der Waals surface area contributed by atoms with Gasteiger partial charge in [-0.3, -0.25) is 14.5 Å². The van der Waals surface area contributed by atoms with Crippen LogP contribution in [0.2, 0.25) is 10.0 Å². The topological polar surface area (TPSA) is 80.8 Å². The molecule has 1 heterocycles. The zero-order valence-corrected chi connectivity index (χ0v) is 20.2. The fourth-order valence-corrected chi connectivity index (χ4v) is 5.14. The summed E-state index contributed by atoms with van der Waals surface area (Å²) < 4.78 is 44.0. The molecule has 0 saturated carbocycles. The lowest BCUT2D eigenvalue weighted by atomic mass is 10.2. The summed E-state index contributed by atoms with van der Waals surface area (Å²) in [4.78, 5) is 26.1. The van der Waals surface area contributed by atoms with Crippen molar-refractivity contribution in [1.82, 2.24) is 4.90 Å². The van der Waals surface area contributed by atoms with E-state index in [1.54, 1.807) is 0 Å². The second-order valence-corrected chi connectivity index (χ2v) is 10.4. The fraction of sp³-hybridized carbons (Fsp3) is 0.0435. The molecule has 1 aliphatic rings. The van der Waals surface area contributed by atoms with Crippen LogP contribution in [-0.2, 0) is 21.5 Å². The Labute approximate surface area is 209 Å². The van der Waals surface area contributed by atoms with E-state index in [1.165, 1.54) is 72.8 Å². The first kappa shape index (κ1) is 24.3. The van der Waals surface area contributed by atoms with E-state index >= 15 is 0 Å². The summed E-state index contributed by atoms with van der Waals surface area (Å²) in [7, 11) is -4.05. The van der Waals surface area contributed by atoms with Crippen LogP contribution in [0.3, 0.4) is 0 Å². The average Bonchev–Trinajstić information content (AvgIpc) is 3.05. The molecule has 3 aromatic carbocycles. The Hall–Kier alpha value is -2.85. The second kappa shape index (κ2) is 9.79. The predicted molar refractivity (Wildman–Crippen MR) is 129 cm³/mol. The summed E-state index contributed by atoms with van der Waals surface area (Å²) in [6.07, 6.45) is 1.48. The Morgan fingerprint density at radius 2 is 1.65 bits per heavy atom. The highest BCUT2D eigenvalue weighted by Gasteiger charge is 2.35. The van der Waals surface area contributed by atoms with Gasteiger partial charge in [0.15, 0.2) is 0 Å². The van der Waals surface area contributed by atoms with E-state index in [9.17, 15) is 22.4 Å². The van der Waals surface area contributed by atoms with Crippen molar-refractivity contribution >= 4 is 62.3 Å². The van der Waals surface area contributed by atoms with Gasteiger partial charge in [-0.2, -0.15) is 8.42 Å². The molecule has 4 rings (SSSR count). The molecule has 0 aromatic heterocycles. The minimum atomic E-state index is -4.05. The number of benzene rings is 3. The Morgan fingerprint density at radius 1 is 0.971 bits per heavy atom. The summed E-state index contributed by atoms with van der Waals surface area (Å²) in [5, 5.41) is -0.0403. The second-order valence-electron chi connectivity index (χ2n) is 7.03. The Morgan fingerprint density at radius 3 is 2.29 bits per heavy atom. The highest BCUT2D eigenvalue weighted by Crippen LogP contribution is 2.35. The Kier molecular flexibility index (Phi) is 6.99. The number of carbonyl (C=O) groups is 2. The Balaban J connectivity index is 1.48. The van der Waals surface area contributed by atoms with Crippen molar-refractivity contribution in [3.63, 3.8) is 0 Å². The fourth-order valence-electron chi connectivity index (χ4n) is 3.02. The van der Waals surface area contributed by atoms with Crippen molar-refractivity contribution in [1.29, 1.82) is 0 Å². The number of halogens is 3. The Bertz CT molecular complexity index is 1390. The number of hydrogen-bond acceptors (Lipinski definition) is 6. The van der Waals surface area contributed by atoms with Crippen LogP contribution in [0.5, 0.6) is 5.75 Å². The summed E-state index contributed by atoms with van der Waals surface area (Å²) in [6.45, 7) is -0.289. The number of carbonyl (C=O) groups excluding carboxylic acids is 2. The average molecular weight is 538 g/mol. The molecule has 3 aromatic rings. The molecule has 0 radical (unpaired) electrons. The van der Waals surface area contributed by atoms with Crippen LogP contribution in [0.15, 0.2) is 76.5 Å². The van der Waals surface area contributed by atoms with E-state index in [0.29, 0.717) is 22.3 Å². The normalized spacial score (nSPS) is 15.3. The molecule has 0 N–H and O–H groups in total. The quantitative estimate of drug-likeness (QED) is 0.277. The molecule has 1 aliphatic heterocycles. The number of rotatable bonds is 6. The van der Waals surface area contributed by atoms with E-state index in [4.69, 9.17) is 27.4 Å². The van der Waals surface area contributed by atoms with Gasteiger partial charge in [-0.1, -0.05) is 41.4 Å². The minimum Gasteiger partial charge on any atom is -0.379 e. The largest absolute Gasteiger partial charge is 0.379 e. The van der Waals surface area contributed by atoms with Crippen molar-refractivity contribution in [3.8, 4) is 5.75 Å². The van der Waals surface area contributed by atoms with Crippen molar-refractivity contribution in [3.05, 3.63) is 98.6 Å². The summed E-state index contributed by atoms with van der Waals surface area (Å²) in [5.41, 5.74) is 0.585. The first-order valence-corrected chi connectivity index (χ1v) is 12.6. The third-order valence-electron chi connectivity index (χ3n) is 4.74. The van der Waals surface area contributed by atoms with E-state index in [0.717, 1.165) is 4.90 Å². The van der Waals surface area contributed by atoms with Gasteiger partial charge in [0.05, 0.1) is 11.4 Å². The maximum atomic E-state index is 14.1. The molecule has 2 amide bonds. The molecular formula is C23H14Cl2FNO5S2. The number of hydrogen-bond donors (Lipinski definition) is 0. The lowest BCUT2D eigenvalue weighted by Crippen LogP contribution is -2.28. The first-order valence-electron chi connectivity index (χ1n) is 9.62. The van der Waals surface area contributed by atoms with Crippen molar-refractivity contribution in [2.24, 2.45) is 0 Å². The minimum absolute atomic E-state index is 0.0513. The number of imide groups is 1. The van der Waals surface area contributed by atoms with Crippen LogP contribution in [0, 0.1) is 5.82 Å². The molecule has 34 heavy (non-hydrogen) atoms. The smallest absolute Gasteiger partial charge is 0.339 e. The van der Waals surface area contributed by atoms with E-state index in [2.05, 4.69) is 0 Å². The third kappa shape index (κ3) is 5.28. The van der Waals surface area contributed by atoms with Crippen LogP contribution in [-0.4, -0.2) is 24.5 Å². The summed E-state index contributed by atoms with van der Waals surface area (Å²) >= 11 is 12.5. The molecule has 11 heteroatoms.